The maximum Gasteiger partial charge on any atom is 0.254 e. The smallest absolute Gasteiger partial charge is 0.254 e. The topological polar surface area (TPSA) is 97.2 Å². The van der Waals surface area contributed by atoms with Crippen molar-refractivity contribution in [1.82, 2.24) is 10.1 Å². The number of aliphatic imine (C=N–C) groups is 1. The van der Waals surface area contributed by atoms with E-state index in [4.69, 9.17) is 25.3 Å². The number of carbonyl (C=O) groups excluding carboxylic acids is 1. The summed E-state index contributed by atoms with van der Waals surface area (Å²) < 4.78 is 16.8. The average Bonchev–Trinajstić information content (AvgIpc) is 3.57. The number of fused-ring (bicyclic) bond motifs is 3. The molecule has 9 nitrogen and oxygen atoms in total. The quantitative estimate of drug-likeness (QED) is 0.593. The Bertz CT molecular complexity index is 1210. The molecular formula is C22H20ClN5O4. The van der Waals surface area contributed by atoms with Gasteiger partial charge < -0.3 is 23.5 Å². The Balaban J connectivity index is 1.38. The van der Waals surface area contributed by atoms with Crippen LogP contribution >= 0.6 is 11.6 Å². The summed E-state index contributed by atoms with van der Waals surface area (Å²) in [5.41, 5.74) is 2.39. The van der Waals surface area contributed by atoms with Gasteiger partial charge in [-0.1, -0.05) is 22.8 Å². The Morgan fingerprint density at radius 1 is 1.28 bits per heavy atom. The summed E-state index contributed by atoms with van der Waals surface area (Å²) in [6.07, 6.45) is 5.10. The van der Waals surface area contributed by atoms with Crippen LogP contribution in [-0.4, -0.2) is 47.7 Å². The van der Waals surface area contributed by atoms with Gasteiger partial charge in [-0.05, 0) is 43.5 Å². The minimum Gasteiger partial charge on any atom is -0.461 e. The highest BCUT2D eigenvalue weighted by Gasteiger charge is 2.49. The molecule has 6 rings (SSSR count). The van der Waals surface area contributed by atoms with Gasteiger partial charge in [0, 0.05) is 6.61 Å². The van der Waals surface area contributed by atoms with Crippen LogP contribution < -0.4 is 9.80 Å². The van der Waals surface area contributed by atoms with Crippen LogP contribution in [0.25, 0.3) is 11.6 Å². The fourth-order valence-electron chi connectivity index (χ4n) is 4.59. The van der Waals surface area contributed by atoms with E-state index in [2.05, 4.69) is 15.1 Å². The molecule has 0 bridgehead atoms. The normalized spacial score (nSPS) is 24.3. The van der Waals surface area contributed by atoms with E-state index in [1.54, 1.807) is 23.6 Å². The first-order valence-electron chi connectivity index (χ1n) is 10.5. The monoisotopic (exact) mass is 453 g/mol. The first kappa shape index (κ1) is 19.5. The molecule has 3 atom stereocenters. The first-order valence-corrected chi connectivity index (χ1v) is 10.9. The van der Waals surface area contributed by atoms with Crippen LogP contribution in [0, 0.1) is 6.92 Å². The number of furan rings is 1. The number of anilines is 2. The van der Waals surface area contributed by atoms with Gasteiger partial charge >= 0.3 is 0 Å². The minimum atomic E-state index is -0.645. The van der Waals surface area contributed by atoms with Crippen LogP contribution in [-0.2, 0) is 9.53 Å². The van der Waals surface area contributed by atoms with Crippen LogP contribution in [0.2, 0.25) is 5.02 Å². The molecule has 0 radical (unpaired) electrons. The summed E-state index contributed by atoms with van der Waals surface area (Å²) >= 11 is 6.55. The molecule has 2 aromatic heterocycles. The molecule has 3 aromatic rings. The molecule has 3 unspecified atom stereocenters. The highest BCUT2D eigenvalue weighted by atomic mass is 35.5. The second-order valence-electron chi connectivity index (χ2n) is 8.14. The molecule has 0 spiro atoms. The van der Waals surface area contributed by atoms with E-state index in [0.29, 0.717) is 35.4 Å². The van der Waals surface area contributed by atoms with Gasteiger partial charge in [0.15, 0.2) is 11.8 Å². The fraction of sp³-hybridized carbons (Fsp3) is 0.364. The summed E-state index contributed by atoms with van der Waals surface area (Å²) in [6.45, 7) is 3.05. The molecule has 32 heavy (non-hydrogen) atoms. The zero-order valence-corrected chi connectivity index (χ0v) is 18.0. The summed E-state index contributed by atoms with van der Waals surface area (Å²) in [5.74, 6) is 0.998. The zero-order chi connectivity index (χ0) is 21.8. The van der Waals surface area contributed by atoms with E-state index in [-0.39, 0.29) is 17.9 Å². The van der Waals surface area contributed by atoms with Crippen molar-refractivity contribution in [3.63, 3.8) is 0 Å². The van der Waals surface area contributed by atoms with Crippen molar-refractivity contribution in [1.29, 1.82) is 0 Å². The van der Waals surface area contributed by atoms with Gasteiger partial charge in [0.1, 0.15) is 6.04 Å². The number of hydrogen-bond donors (Lipinski definition) is 0. The van der Waals surface area contributed by atoms with Gasteiger partial charge in [-0.3, -0.25) is 9.79 Å². The fourth-order valence-corrected chi connectivity index (χ4v) is 4.86. The lowest BCUT2D eigenvalue weighted by molar-refractivity contribution is -0.120. The molecule has 0 N–H and O–H groups in total. The summed E-state index contributed by atoms with van der Waals surface area (Å²) in [6, 6.07) is 6.13. The van der Waals surface area contributed by atoms with Crippen molar-refractivity contribution in [2.24, 2.45) is 4.99 Å². The summed E-state index contributed by atoms with van der Waals surface area (Å²) in [5, 5.41) is 4.56. The molecule has 10 heteroatoms. The summed E-state index contributed by atoms with van der Waals surface area (Å²) in [4.78, 5) is 26.4. The van der Waals surface area contributed by atoms with E-state index < -0.39 is 12.1 Å². The lowest BCUT2D eigenvalue weighted by Gasteiger charge is -2.40. The highest BCUT2D eigenvalue weighted by molar-refractivity contribution is 6.35. The van der Waals surface area contributed by atoms with Gasteiger partial charge in [0.25, 0.3) is 11.8 Å². The Morgan fingerprint density at radius 3 is 2.97 bits per heavy atom. The van der Waals surface area contributed by atoms with Crippen LogP contribution in [0.4, 0.5) is 11.4 Å². The number of hydrogen-bond acceptors (Lipinski definition) is 8. The van der Waals surface area contributed by atoms with Gasteiger partial charge in [0.05, 0.1) is 41.6 Å². The number of benzene rings is 1. The summed E-state index contributed by atoms with van der Waals surface area (Å²) in [7, 11) is 0. The molecular weight excluding hydrogens is 434 g/mol. The minimum absolute atomic E-state index is 0.0210. The van der Waals surface area contributed by atoms with Crippen LogP contribution in [0.5, 0.6) is 0 Å². The Hall–Kier alpha value is -3.17. The number of nitrogens with zero attached hydrogens (tertiary/aromatic N) is 5. The van der Waals surface area contributed by atoms with E-state index in [1.165, 1.54) is 0 Å². The molecule has 1 aromatic carbocycles. The van der Waals surface area contributed by atoms with Crippen molar-refractivity contribution < 1.29 is 18.5 Å². The SMILES string of the molecule is Cc1ccoc1-c1noc(C2N=CN3c4cccc(Cl)c4N(CC4CCCO4)C(=O)C23)n1. The maximum atomic E-state index is 13.8. The van der Waals surface area contributed by atoms with Crippen LogP contribution in [0.15, 0.2) is 44.5 Å². The number of amides is 1. The van der Waals surface area contributed by atoms with Crippen molar-refractivity contribution in [2.75, 3.05) is 23.0 Å². The molecule has 1 fully saturated rings. The maximum absolute atomic E-state index is 13.8. The molecule has 3 aliphatic rings. The predicted octanol–water partition coefficient (Wildman–Crippen LogP) is 3.78. The molecule has 1 amide bonds. The Kier molecular flexibility index (Phi) is 4.55. The zero-order valence-electron chi connectivity index (χ0n) is 17.3. The Labute approximate surface area is 188 Å². The highest BCUT2D eigenvalue weighted by Crippen LogP contribution is 2.46. The largest absolute Gasteiger partial charge is 0.461 e. The van der Waals surface area contributed by atoms with Gasteiger partial charge in [0.2, 0.25) is 5.82 Å². The average molecular weight is 454 g/mol. The molecule has 164 valence electrons. The number of para-hydroxylation sites is 1. The number of ether oxygens (including phenoxy) is 1. The van der Waals surface area contributed by atoms with Gasteiger partial charge in [-0.15, -0.1) is 0 Å². The first-order chi connectivity index (χ1) is 15.6. The lowest BCUT2D eigenvalue weighted by atomic mass is 10.0. The number of aromatic nitrogens is 2. The predicted molar refractivity (Wildman–Crippen MR) is 117 cm³/mol. The second-order valence-corrected chi connectivity index (χ2v) is 8.55. The molecule has 1 saturated heterocycles. The van der Waals surface area contributed by atoms with Crippen molar-refractivity contribution in [2.45, 2.75) is 38.0 Å². The molecule has 3 aliphatic heterocycles. The molecule has 0 aliphatic carbocycles. The van der Waals surface area contributed by atoms with Gasteiger partial charge in [-0.2, -0.15) is 4.98 Å². The number of aryl methyl sites for hydroxylation is 1. The standard InChI is InChI=1S/C22H20ClN5O4/c1-12-7-9-31-19(12)20-25-21(32-26-20)16-18-22(29)27(10-13-4-3-8-30-13)17-14(23)5-2-6-15(17)28(18)11-24-16/h2,5-7,9,11,13,16,18H,3-4,8,10H2,1H3. The van der Waals surface area contributed by atoms with E-state index in [9.17, 15) is 4.79 Å². The van der Waals surface area contributed by atoms with Crippen molar-refractivity contribution in [3.8, 4) is 11.6 Å². The third kappa shape index (κ3) is 2.96. The number of halogens is 1. The van der Waals surface area contributed by atoms with Crippen LogP contribution in [0.1, 0.15) is 30.3 Å². The number of carbonyl (C=O) groups is 1. The molecule has 0 saturated carbocycles. The third-order valence-corrected chi connectivity index (χ3v) is 6.46. The van der Waals surface area contributed by atoms with Crippen molar-refractivity contribution in [3.05, 3.63) is 47.0 Å². The van der Waals surface area contributed by atoms with Crippen molar-refractivity contribution >= 4 is 35.2 Å². The Morgan fingerprint density at radius 2 is 2.19 bits per heavy atom. The number of rotatable bonds is 4. The van der Waals surface area contributed by atoms with E-state index >= 15 is 0 Å². The molecule has 5 heterocycles. The third-order valence-electron chi connectivity index (χ3n) is 6.15. The lowest BCUT2D eigenvalue weighted by Crippen LogP contribution is -2.54. The van der Waals surface area contributed by atoms with Crippen LogP contribution in [0.3, 0.4) is 0 Å². The van der Waals surface area contributed by atoms with Gasteiger partial charge in [-0.25, -0.2) is 0 Å². The van der Waals surface area contributed by atoms with E-state index in [1.807, 2.05) is 30.0 Å². The second kappa shape index (κ2) is 7.46. The van der Waals surface area contributed by atoms with E-state index in [0.717, 1.165) is 24.1 Å².